The monoisotopic (exact) mass is 1870 g/mol. The summed E-state index contributed by atoms with van der Waals surface area (Å²) in [4.78, 5) is 7.07. The zero-order chi connectivity index (χ0) is 93.1. The SMILES string of the molecule is CC1(C)c2ccccc2-c2ccc(Nc3ccc4sc5ccc(N(c6ccccc6)c6cccc(-c7ccccc7)c6)cc5c4c3)cc21.c1ccc(-c2cccc(N(c3cccc(-c4ccccc4)c3)c3ccc4sc5ccc(Nc6ccc7c(c6)oc6ccccc67)cc5c4c3)c2)cc1.c1ccc(N(c2ccccc2)c2ccc3sc4ccc(Nc5ccc6sc7ccccc7c6c5)cc4c3c2)cc1. The Morgan fingerprint density at radius 1 is 0.179 bits per heavy atom. The number of rotatable bonds is 18. The fourth-order valence-corrected chi connectivity index (χ4v) is 24.6. The lowest BCUT2D eigenvalue weighted by molar-refractivity contribution is 0.660. The number of para-hydroxylation sites is 4. The molecule has 5 aromatic heterocycles. The number of hydrogen-bond acceptors (Lipinski definition) is 11. The van der Waals surface area contributed by atoms with Gasteiger partial charge in [-0.3, -0.25) is 0 Å². The Kier molecular flexibility index (Phi) is 22.0. The quantitative estimate of drug-likeness (QED) is 0.0791. The summed E-state index contributed by atoms with van der Waals surface area (Å²) in [5.74, 6) is 0. The zero-order valence-electron chi connectivity index (χ0n) is 76.6. The molecule has 7 nitrogen and oxygen atoms in total. The van der Waals surface area contributed by atoms with Gasteiger partial charge in [-0.1, -0.05) is 263 Å². The van der Waals surface area contributed by atoms with E-state index in [0.29, 0.717) is 0 Å². The Balaban J connectivity index is 0.000000112. The van der Waals surface area contributed by atoms with Crippen molar-refractivity contribution in [1.82, 2.24) is 0 Å². The summed E-state index contributed by atoms with van der Waals surface area (Å²) in [5, 5.41) is 23.5. The van der Waals surface area contributed by atoms with Gasteiger partial charge in [0.1, 0.15) is 11.2 Å². The Morgan fingerprint density at radius 3 is 0.893 bits per heavy atom. The molecule has 0 saturated carbocycles. The first-order valence-electron chi connectivity index (χ1n) is 47.4. The number of benzene rings is 21. The number of fused-ring (bicyclic) bond motifs is 18. The van der Waals surface area contributed by atoms with Crippen molar-refractivity contribution in [2.24, 2.45) is 0 Å². The lowest BCUT2D eigenvalue weighted by Crippen LogP contribution is -2.15. The number of nitrogens with zero attached hydrogens (tertiary/aromatic N) is 3. The lowest BCUT2D eigenvalue weighted by atomic mass is 9.82. The molecule has 26 aromatic rings. The van der Waals surface area contributed by atoms with Crippen LogP contribution in [0.3, 0.4) is 0 Å². The van der Waals surface area contributed by atoms with Gasteiger partial charge in [-0.2, -0.15) is 0 Å². The van der Waals surface area contributed by atoms with E-state index in [1.54, 1.807) is 0 Å². The highest BCUT2D eigenvalue weighted by Gasteiger charge is 2.35. The minimum Gasteiger partial charge on any atom is -0.456 e. The molecule has 21 aromatic carbocycles. The van der Waals surface area contributed by atoms with Crippen LogP contribution in [0.2, 0.25) is 0 Å². The second kappa shape index (κ2) is 36.3. The fraction of sp³-hybridized carbons (Fsp3) is 0.0233. The molecular formula is C129H90N6OS4. The van der Waals surface area contributed by atoms with Gasteiger partial charge in [-0.15, -0.1) is 45.3 Å². The molecule has 1 aliphatic carbocycles. The Labute approximate surface area is 827 Å². The molecular weight excluding hydrogens is 1780 g/mol. The highest BCUT2D eigenvalue weighted by Crippen LogP contribution is 2.52. The lowest BCUT2D eigenvalue weighted by Gasteiger charge is -2.27. The Bertz CT molecular complexity index is 9040. The highest BCUT2D eigenvalue weighted by molar-refractivity contribution is 7.27. The van der Waals surface area contributed by atoms with E-state index in [2.05, 4.69) is 524 Å². The van der Waals surface area contributed by atoms with E-state index in [0.717, 1.165) is 107 Å². The van der Waals surface area contributed by atoms with E-state index in [-0.39, 0.29) is 5.41 Å². The maximum atomic E-state index is 6.18. The normalized spacial score (nSPS) is 12.0. The van der Waals surface area contributed by atoms with Gasteiger partial charge in [0.2, 0.25) is 0 Å². The van der Waals surface area contributed by atoms with Gasteiger partial charge in [0.25, 0.3) is 0 Å². The van der Waals surface area contributed by atoms with Gasteiger partial charge < -0.3 is 35.1 Å². The summed E-state index contributed by atoms with van der Waals surface area (Å²) in [6, 6.07) is 176. The van der Waals surface area contributed by atoms with Gasteiger partial charge in [0.15, 0.2) is 0 Å². The molecule has 0 atom stereocenters. The van der Waals surface area contributed by atoms with Crippen molar-refractivity contribution < 1.29 is 4.42 Å². The second-order valence-corrected chi connectivity index (χ2v) is 40.5. The van der Waals surface area contributed by atoms with Crippen molar-refractivity contribution in [1.29, 1.82) is 0 Å². The van der Waals surface area contributed by atoms with Gasteiger partial charge in [0.05, 0.1) is 0 Å². The van der Waals surface area contributed by atoms with E-state index in [9.17, 15) is 0 Å². The molecule has 666 valence electrons. The van der Waals surface area contributed by atoms with E-state index in [1.807, 2.05) is 57.5 Å². The summed E-state index contributed by atoms with van der Waals surface area (Å²) in [7, 11) is 0. The minimum absolute atomic E-state index is 0.0290. The fourth-order valence-electron chi connectivity index (χ4n) is 20.3. The first-order valence-corrected chi connectivity index (χ1v) is 50.6. The van der Waals surface area contributed by atoms with Crippen LogP contribution in [0, 0.1) is 0 Å². The smallest absolute Gasteiger partial charge is 0.137 e. The van der Waals surface area contributed by atoms with Crippen LogP contribution in [0.25, 0.3) is 147 Å². The summed E-state index contributed by atoms with van der Waals surface area (Å²) < 4.78 is 16.5. The maximum absolute atomic E-state index is 6.18. The molecule has 27 rings (SSSR count). The van der Waals surface area contributed by atoms with Crippen molar-refractivity contribution in [3.05, 3.63) is 503 Å². The summed E-state index contributed by atoms with van der Waals surface area (Å²) >= 11 is 7.38. The molecule has 0 saturated heterocycles. The molecule has 0 spiro atoms. The largest absolute Gasteiger partial charge is 0.456 e. The number of nitrogens with one attached hydrogen (secondary N) is 3. The van der Waals surface area contributed by atoms with Gasteiger partial charge in [-0.25, -0.2) is 0 Å². The van der Waals surface area contributed by atoms with E-state index < -0.39 is 0 Å². The molecule has 140 heavy (non-hydrogen) atoms. The van der Waals surface area contributed by atoms with Crippen molar-refractivity contribution >= 4 is 233 Å². The summed E-state index contributed by atoms with van der Waals surface area (Å²) in [5.41, 5.74) is 31.0. The molecule has 0 aliphatic heterocycles. The molecule has 11 heteroatoms. The molecule has 0 radical (unpaired) electrons. The third-order valence-corrected chi connectivity index (χ3v) is 31.6. The maximum Gasteiger partial charge on any atom is 0.137 e. The summed E-state index contributed by atoms with van der Waals surface area (Å²) in [6.45, 7) is 4.67. The number of anilines is 15. The predicted molar refractivity (Wildman–Crippen MR) is 605 cm³/mol. The van der Waals surface area contributed by atoms with E-state index in [1.165, 1.54) is 136 Å². The van der Waals surface area contributed by atoms with Crippen LogP contribution in [0.1, 0.15) is 25.0 Å². The Morgan fingerprint density at radius 2 is 0.457 bits per heavy atom. The third-order valence-electron chi connectivity index (χ3n) is 27.0. The number of hydrogen-bond donors (Lipinski definition) is 3. The van der Waals surface area contributed by atoms with Crippen LogP contribution in [0.4, 0.5) is 85.3 Å². The van der Waals surface area contributed by atoms with Crippen molar-refractivity contribution in [3.63, 3.8) is 0 Å². The van der Waals surface area contributed by atoms with Crippen LogP contribution >= 0.6 is 45.3 Å². The van der Waals surface area contributed by atoms with Crippen molar-refractivity contribution in [3.8, 4) is 44.5 Å². The van der Waals surface area contributed by atoms with E-state index in [4.69, 9.17) is 4.42 Å². The average molecular weight is 1870 g/mol. The number of thiophene rings is 4. The zero-order valence-corrected chi connectivity index (χ0v) is 79.9. The molecule has 0 fully saturated rings. The summed E-state index contributed by atoms with van der Waals surface area (Å²) in [6.07, 6.45) is 0. The van der Waals surface area contributed by atoms with Crippen LogP contribution in [-0.4, -0.2) is 0 Å². The van der Waals surface area contributed by atoms with Gasteiger partial charge >= 0.3 is 0 Å². The molecule has 0 unspecified atom stereocenters. The number of furan rings is 1. The van der Waals surface area contributed by atoms with Gasteiger partial charge in [-0.05, 0) is 292 Å². The third kappa shape index (κ3) is 16.3. The standard InChI is InChI=1S/C48H32N2OS.C45H34N2S.C36H24N2S2/c1-3-11-32(12-4-1)34-15-9-17-38(27-34)50(39-18-10-16-35(28-39)33-13-5-2-6-14-33)40-23-26-48-44(31-40)43-29-36(22-25-47(43)52-48)49-37-21-24-42-41-19-7-8-20-45(41)51-46(42)30-37;1-45(2)41-19-10-9-18-37(41)38-23-20-33(28-42(38)45)46-32-21-24-43-39(27-32)40-29-36(22-25-44(40)48-43)47(34-15-7-4-8-16-34)35-17-11-14-31(26-35)30-12-5-3-6-13-30;1-3-9-26(10-4-1)38(27-11-5-2-6-12-27)28-17-20-36-32(23-28)31-22-25(16-19-35(31)40-36)37-24-15-18-34-30(21-24)29-13-7-8-14-33(29)39-34/h1-31,49H;3-29,46H,1-2H3;1-23,37H. The van der Waals surface area contributed by atoms with Crippen LogP contribution in [0.15, 0.2) is 496 Å². The second-order valence-electron chi connectivity index (χ2n) is 36.2. The molecule has 0 bridgehead atoms. The molecule has 1 aliphatic rings. The predicted octanol–water partition coefficient (Wildman–Crippen LogP) is 39.4. The topological polar surface area (TPSA) is 59.0 Å². The molecule has 5 heterocycles. The highest BCUT2D eigenvalue weighted by atomic mass is 32.1. The van der Waals surface area contributed by atoms with Crippen LogP contribution in [-0.2, 0) is 5.41 Å². The average Bonchev–Trinajstić information content (AvgIpc) is 1.42. The molecule has 0 amide bonds. The van der Waals surface area contributed by atoms with Crippen LogP contribution in [0.5, 0.6) is 0 Å². The Hall–Kier alpha value is -16.9. The minimum atomic E-state index is -0.0290. The van der Waals surface area contributed by atoms with Crippen molar-refractivity contribution in [2.75, 3.05) is 30.7 Å². The van der Waals surface area contributed by atoms with Crippen molar-refractivity contribution in [2.45, 2.75) is 19.3 Å². The van der Waals surface area contributed by atoms with Gasteiger partial charge in [0, 0.05) is 188 Å². The van der Waals surface area contributed by atoms with E-state index >= 15 is 0 Å². The molecule has 3 N–H and O–H groups in total. The first-order chi connectivity index (χ1) is 69.1. The van der Waals surface area contributed by atoms with Crippen LogP contribution < -0.4 is 30.7 Å². The first kappa shape index (κ1) is 84.8.